The van der Waals surface area contributed by atoms with Crippen molar-refractivity contribution in [3.63, 3.8) is 0 Å². The van der Waals surface area contributed by atoms with Gasteiger partial charge in [0.1, 0.15) is 5.82 Å². The number of hydrogen-bond acceptors (Lipinski definition) is 3. The number of rotatable bonds is 6. The Bertz CT molecular complexity index is 468. The van der Waals surface area contributed by atoms with Crippen LogP contribution in [0.1, 0.15) is 10.4 Å². The predicted molar refractivity (Wildman–Crippen MR) is 71.3 cm³/mol. The van der Waals surface area contributed by atoms with Crippen molar-refractivity contribution in [3.05, 3.63) is 34.1 Å². The van der Waals surface area contributed by atoms with Gasteiger partial charge in [-0.3, -0.25) is 9.59 Å². The summed E-state index contributed by atoms with van der Waals surface area (Å²) < 4.78 is 18.0. The molecule has 2 N–H and O–H groups in total. The van der Waals surface area contributed by atoms with E-state index in [-0.39, 0.29) is 22.5 Å². The van der Waals surface area contributed by atoms with Crippen LogP contribution in [0, 0.1) is 5.82 Å². The number of ether oxygens (including phenoxy) is 1. The van der Waals surface area contributed by atoms with Crippen molar-refractivity contribution < 1.29 is 18.7 Å². The zero-order valence-corrected chi connectivity index (χ0v) is 11.9. The smallest absolute Gasteiger partial charge is 0.251 e. The van der Waals surface area contributed by atoms with Crippen molar-refractivity contribution in [1.29, 1.82) is 0 Å². The molecule has 0 aliphatic rings. The Morgan fingerprint density at radius 2 is 2.11 bits per heavy atom. The first kappa shape index (κ1) is 15.6. The molecule has 0 aliphatic carbocycles. The van der Waals surface area contributed by atoms with Crippen LogP contribution in [-0.4, -0.2) is 38.6 Å². The van der Waals surface area contributed by atoms with Crippen LogP contribution in [0.15, 0.2) is 22.7 Å². The molecule has 1 aromatic carbocycles. The Hall–Kier alpha value is -1.47. The lowest BCUT2D eigenvalue weighted by molar-refractivity contribution is -0.120. The van der Waals surface area contributed by atoms with Gasteiger partial charge in [0.25, 0.3) is 5.91 Å². The molecule has 0 saturated carbocycles. The quantitative estimate of drug-likeness (QED) is 0.766. The average molecular weight is 333 g/mol. The van der Waals surface area contributed by atoms with E-state index >= 15 is 0 Å². The van der Waals surface area contributed by atoms with Crippen molar-refractivity contribution in [2.75, 3.05) is 26.8 Å². The summed E-state index contributed by atoms with van der Waals surface area (Å²) in [5.41, 5.74) is 0.276. The Labute approximate surface area is 118 Å². The Kier molecular flexibility index (Phi) is 6.44. The van der Waals surface area contributed by atoms with Crippen molar-refractivity contribution in [2.45, 2.75) is 0 Å². The topological polar surface area (TPSA) is 67.4 Å². The fourth-order valence-electron chi connectivity index (χ4n) is 1.26. The zero-order valence-electron chi connectivity index (χ0n) is 10.3. The van der Waals surface area contributed by atoms with Crippen molar-refractivity contribution in [1.82, 2.24) is 10.6 Å². The maximum atomic E-state index is 13.0. The lowest BCUT2D eigenvalue weighted by Crippen LogP contribution is -2.38. The molecular weight excluding hydrogens is 319 g/mol. The molecule has 5 nitrogen and oxygen atoms in total. The molecule has 0 unspecified atom stereocenters. The molecular formula is C12H14BrFN2O3. The van der Waals surface area contributed by atoms with Crippen LogP contribution in [0.4, 0.5) is 4.39 Å². The molecule has 0 aromatic heterocycles. The van der Waals surface area contributed by atoms with Crippen LogP contribution >= 0.6 is 15.9 Å². The summed E-state index contributed by atoms with van der Waals surface area (Å²) in [6.45, 7) is 0.648. The summed E-state index contributed by atoms with van der Waals surface area (Å²) in [7, 11) is 1.53. The number of amides is 2. The minimum absolute atomic E-state index is 0.141. The van der Waals surface area contributed by atoms with Gasteiger partial charge in [-0.15, -0.1) is 0 Å². The van der Waals surface area contributed by atoms with Crippen LogP contribution in [0.5, 0.6) is 0 Å². The molecule has 0 fully saturated rings. The van der Waals surface area contributed by atoms with E-state index in [1.54, 1.807) is 0 Å². The maximum absolute atomic E-state index is 13.0. The first-order valence-electron chi connectivity index (χ1n) is 5.53. The zero-order chi connectivity index (χ0) is 14.3. The Balaban J connectivity index is 2.42. The fourth-order valence-corrected chi connectivity index (χ4v) is 1.63. The average Bonchev–Trinajstić information content (AvgIpc) is 2.39. The third-order valence-electron chi connectivity index (χ3n) is 2.22. The van der Waals surface area contributed by atoms with Gasteiger partial charge in [-0.1, -0.05) is 0 Å². The van der Waals surface area contributed by atoms with Crippen LogP contribution in [0.25, 0.3) is 0 Å². The number of carbonyl (C=O) groups excluding carboxylic acids is 2. The minimum atomic E-state index is -0.450. The van der Waals surface area contributed by atoms with Gasteiger partial charge in [-0.25, -0.2) is 4.39 Å². The number of nitrogens with one attached hydrogen (secondary N) is 2. The Morgan fingerprint density at radius 3 is 2.74 bits per heavy atom. The molecule has 104 valence electrons. The van der Waals surface area contributed by atoms with E-state index in [1.165, 1.54) is 25.3 Å². The highest BCUT2D eigenvalue weighted by Crippen LogP contribution is 2.16. The second-order valence-electron chi connectivity index (χ2n) is 3.65. The second kappa shape index (κ2) is 7.85. The number of benzene rings is 1. The molecule has 19 heavy (non-hydrogen) atoms. The maximum Gasteiger partial charge on any atom is 0.251 e. The van der Waals surface area contributed by atoms with Crippen LogP contribution in [-0.2, 0) is 9.53 Å². The third-order valence-corrected chi connectivity index (χ3v) is 2.83. The molecule has 0 radical (unpaired) electrons. The predicted octanol–water partition coefficient (Wildman–Crippen LogP) is 1.08. The lowest BCUT2D eigenvalue weighted by atomic mass is 10.2. The van der Waals surface area contributed by atoms with Gasteiger partial charge < -0.3 is 15.4 Å². The summed E-state index contributed by atoms with van der Waals surface area (Å²) in [5.74, 6) is -1.21. The minimum Gasteiger partial charge on any atom is -0.383 e. The van der Waals surface area contributed by atoms with Gasteiger partial charge in [0, 0.05) is 19.2 Å². The molecule has 0 heterocycles. The molecule has 0 atom stereocenters. The summed E-state index contributed by atoms with van der Waals surface area (Å²) >= 11 is 2.99. The van der Waals surface area contributed by atoms with Gasteiger partial charge >= 0.3 is 0 Å². The summed E-state index contributed by atoms with van der Waals surface area (Å²) in [5, 5.41) is 5.00. The highest BCUT2D eigenvalue weighted by Gasteiger charge is 2.09. The highest BCUT2D eigenvalue weighted by atomic mass is 79.9. The first-order chi connectivity index (χ1) is 9.04. The SMILES string of the molecule is COCCNC(=O)CNC(=O)c1ccc(F)c(Br)c1. The summed E-state index contributed by atoms with van der Waals surface area (Å²) in [4.78, 5) is 23.0. The number of halogens is 2. The van der Waals surface area contributed by atoms with Gasteiger partial charge in [-0.2, -0.15) is 0 Å². The van der Waals surface area contributed by atoms with Crippen LogP contribution in [0.3, 0.4) is 0 Å². The van der Waals surface area contributed by atoms with Crippen molar-refractivity contribution in [3.8, 4) is 0 Å². The normalized spacial score (nSPS) is 10.1. The standard InChI is InChI=1S/C12H14BrFN2O3/c1-19-5-4-15-11(17)7-16-12(18)8-2-3-10(14)9(13)6-8/h2-3,6H,4-5,7H2,1H3,(H,15,17)(H,16,18). The van der Waals surface area contributed by atoms with E-state index < -0.39 is 11.7 Å². The van der Waals surface area contributed by atoms with E-state index in [4.69, 9.17) is 4.74 Å². The monoisotopic (exact) mass is 332 g/mol. The molecule has 0 aliphatic heterocycles. The lowest BCUT2D eigenvalue weighted by Gasteiger charge is -2.07. The van der Waals surface area contributed by atoms with E-state index in [0.717, 1.165) is 0 Å². The molecule has 1 aromatic rings. The first-order valence-corrected chi connectivity index (χ1v) is 6.32. The van der Waals surface area contributed by atoms with E-state index in [1.807, 2.05) is 0 Å². The van der Waals surface area contributed by atoms with Crippen LogP contribution < -0.4 is 10.6 Å². The number of hydrogen-bond donors (Lipinski definition) is 2. The van der Waals surface area contributed by atoms with Gasteiger partial charge in [-0.05, 0) is 34.1 Å². The van der Waals surface area contributed by atoms with Crippen molar-refractivity contribution in [2.24, 2.45) is 0 Å². The molecule has 0 spiro atoms. The van der Waals surface area contributed by atoms with E-state index in [2.05, 4.69) is 26.6 Å². The third kappa shape index (κ3) is 5.35. The fraction of sp³-hybridized carbons (Fsp3) is 0.333. The summed E-state index contributed by atoms with van der Waals surface area (Å²) in [6.07, 6.45) is 0. The van der Waals surface area contributed by atoms with Gasteiger partial charge in [0.15, 0.2) is 0 Å². The summed E-state index contributed by atoms with van der Waals surface area (Å²) in [6, 6.07) is 3.88. The molecule has 2 amide bonds. The molecule has 0 bridgehead atoms. The Morgan fingerprint density at radius 1 is 1.37 bits per heavy atom. The van der Waals surface area contributed by atoms with Crippen molar-refractivity contribution >= 4 is 27.7 Å². The highest BCUT2D eigenvalue weighted by molar-refractivity contribution is 9.10. The van der Waals surface area contributed by atoms with Gasteiger partial charge in [0.05, 0.1) is 17.6 Å². The number of methoxy groups -OCH3 is 1. The van der Waals surface area contributed by atoms with Gasteiger partial charge in [0.2, 0.25) is 5.91 Å². The number of carbonyl (C=O) groups is 2. The van der Waals surface area contributed by atoms with E-state index in [9.17, 15) is 14.0 Å². The molecule has 1 rings (SSSR count). The molecule has 7 heteroatoms. The van der Waals surface area contributed by atoms with Crippen LogP contribution in [0.2, 0.25) is 0 Å². The van der Waals surface area contributed by atoms with E-state index in [0.29, 0.717) is 13.2 Å². The molecule has 0 saturated heterocycles. The largest absolute Gasteiger partial charge is 0.383 e. The second-order valence-corrected chi connectivity index (χ2v) is 4.51.